The lowest BCUT2D eigenvalue weighted by atomic mass is 9.92. The minimum absolute atomic E-state index is 0.381. The van der Waals surface area contributed by atoms with Gasteiger partial charge < -0.3 is 9.47 Å². The molecule has 0 saturated carbocycles. The van der Waals surface area contributed by atoms with E-state index in [1.54, 1.807) is 7.11 Å². The summed E-state index contributed by atoms with van der Waals surface area (Å²) in [5.41, 5.74) is 0. The van der Waals surface area contributed by atoms with E-state index in [2.05, 4.69) is 13.8 Å². The highest BCUT2D eigenvalue weighted by Crippen LogP contribution is 2.21. The molecule has 0 saturated heterocycles. The summed E-state index contributed by atoms with van der Waals surface area (Å²) in [7, 11) is 3.56. The Labute approximate surface area is 95.3 Å². The molecule has 2 unspecified atom stereocenters. The van der Waals surface area contributed by atoms with Crippen LogP contribution in [-0.4, -0.2) is 26.9 Å². The lowest BCUT2D eigenvalue weighted by Gasteiger charge is -2.21. The van der Waals surface area contributed by atoms with Crippen molar-refractivity contribution in [1.29, 1.82) is 0 Å². The second-order valence-electron chi connectivity index (χ2n) is 4.29. The summed E-state index contributed by atoms with van der Waals surface area (Å²) in [4.78, 5) is 0. The molecular weight excluding hydrogens is 188 g/mol. The van der Waals surface area contributed by atoms with Crippen molar-refractivity contribution >= 4 is 0 Å². The molecule has 0 rings (SSSR count). The van der Waals surface area contributed by atoms with Gasteiger partial charge in [0, 0.05) is 20.8 Å². The second kappa shape index (κ2) is 10.4. The molecule has 0 aromatic rings. The molecule has 0 N–H and O–H groups in total. The minimum atomic E-state index is 0.381. The van der Waals surface area contributed by atoms with E-state index in [0.717, 1.165) is 18.9 Å². The molecule has 0 radical (unpaired) electrons. The van der Waals surface area contributed by atoms with Gasteiger partial charge in [0.05, 0.1) is 6.10 Å². The molecule has 0 aromatic carbocycles. The Bertz CT molecular complexity index is 112. The van der Waals surface area contributed by atoms with E-state index < -0.39 is 0 Å². The van der Waals surface area contributed by atoms with Crippen molar-refractivity contribution in [3.63, 3.8) is 0 Å². The lowest BCUT2D eigenvalue weighted by molar-refractivity contribution is 0.0475. The van der Waals surface area contributed by atoms with Crippen LogP contribution in [-0.2, 0) is 9.47 Å². The number of hydrogen-bond donors (Lipinski definition) is 0. The Kier molecular flexibility index (Phi) is 10.4. The third kappa shape index (κ3) is 7.80. The number of hydrogen-bond acceptors (Lipinski definition) is 2. The first-order chi connectivity index (χ1) is 7.28. The van der Waals surface area contributed by atoms with Crippen molar-refractivity contribution in [2.24, 2.45) is 5.92 Å². The van der Waals surface area contributed by atoms with Gasteiger partial charge in [-0.05, 0) is 18.8 Å². The van der Waals surface area contributed by atoms with Crippen molar-refractivity contribution < 1.29 is 9.47 Å². The van der Waals surface area contributed by atoms with Gasteiger partial charge in [0.15, 0.2) is 0 Å². The van der Waals surface area contributed by atoms with Gasteiger partial charge in [-0.15, -0.1) is 0 Å². The van der Waals surface area contributed by atoms with E-state index in [1.165, 1.54) is 32.1 Å². The van der Waals surface area contributed by atoms with Crippen molar-refractivity contribution in [3.8, 4) is 0 Å². The maximum absolute atomic E-state index is 5.48. The third-order valence-corrected chi connectivity index (χ3v) is 3.12. The molecule has 2 nitrogen and oxygen atoms in total. The van der Waals surface area contributed by atoms with Crippen LogP contribution < -0.4 is 0 Å². The Morgan fingerprint density at radius 1 is 1.07 bits per heavy atom. The lowest BCUT2D eigenvalue weighted by Crippen LogP contribution is -2.18. The van der Waals surface area contributed by atoms with E-state index in [0.29, 0.717) is 6.10 Å². The minimum Gasteiger partial charge on any atom is -0.385 e. The smallest absolute Gasteiger partial charge is 0.0596 e. The summed E-state index contributed by atoms with van der Waals surface area (Å²) in [5.74, 6) is 0.826. The Morgan fingerprint density at radius 3 is 2.27 bits per heavy atom. The van der Waals surface area contributed by atoms with Gasteiger partial charge in [0.2, 0.25) is 0 Å². The van der Waals surface area contributed by atoms with E-state index in [9.17, 15) is 0 Å². The van der Waals surface area contributed by atoms with Crippen LogP contribution in [0, 0.1) is 5.92 Å². The van der Waals surface area contributed by atoms with Crippen LogP contribution in [0.3, 0.4) is 0 Å². The van der Waals surface area contributed by atoms with E-state index in [1.807, 2.05) is 7.11 Å². The fourth-order valence-electron chi connectivity index (χ4n) is 1.93. The van der Waals surface area contributed by atoms with E-state index >= 15 is 0 Å². The number of methoxy groups -OCH3 is 2. The van der Waals surface area contributed by atoms with Crippen LogP contribution in [0.4, 0.5) is 0 Å². The molecule has 0 heterocycles. The monoisotopic (exact) mass is 216 g/mol. The Balaban J connectivity index is 3.77. The molecule has 2 heteroatoms. The van der Waals surface area contributed by atoms with Gasteiger partial charge in [-0.3, -0.25) is 0 Å². The van der Waals surface area contributed by atoms with E-state index in [4.69, 9.17) is 9.47 Å². The highest BCUT2D eigenvalue weighted by atomic mass is 16.5. The number of rotatable bonds is 10. The number of unbranched alkanes of at least 4 members (excludes halogenated alkanes) is 1. The van der Waals surface area contributed by atoms with Crippen LogP contribution in [0.15, 0.2) is 0 Å². The molecule has 2 atom stereocenters. The highest BCUT2D eigenvalue weighted by molar-refractivity contribution is 4.65. The van der Waals surface area contributed by atoms with Crippen LogP contribution >= 0.6 is 0 Å². The van der Waals surface area contributed by atoms with Crippen molar-refractivity contribution in [2.45, 2.75) is 58.5 Å². The fraction of sp³-hybridized carbons (Fsp3) is 1.00. The quantitative estimate of drug-likeness (QED) is 0.555. The molecule has 0 aliphatic heterocycles. The molecule has 0 aromatic heterocycles. The maximum atomic E-state index is 5.48. The molecule has 0 amide bonds. The van der Waals surface area contributed by atoms with Gasteiger partial charge in [-0.1, -0.05) is 39.5 Å². The summed E-state index contributed by atoms with van der Waals surface area (Å²) in [5, 5.41) is 0. The topological polar surface area (TPSA) is 18.5 Å². The summed E-state index contributed by atoms with van der Waals surface area (Å²) in [6.45, 7) is 5.34. The van der Waals surface area contributed by atoms with Crippen molar-refractivity contribution in [3.05, 3.63) is 0 Å². The van der Waals surface area contributed by atoms with Crippen molar-refractivity contribution in [1.82, 2.24) is 0 Å². The zero-order chi connectivity index (χ0) is 11.5. The summed E-state index contributed by atoms with van der Waals surface area (Å²) >= 11 is 0. The standard InChI is InChI=1S/C13H28O2/c1-5-7-8-12(6-2)11-13(15-4)9-10-14-3/h12-13H,5-11H2,1-4H3. The zero-order valence-corrected chi connectivity index (χ0v) is 10.9. The molecule has 15 heavy (non-hydrogen) atoms. The van der Waals surface area contributed by atoms with Crippen molar-refractivity contribution in [2.75, 3.05) is 20.8 Å². The maximum Gasteiger partial charge on any atom is 0.0596 e. The van der Waals surface area contributed by atoms with Gasteiger partial charge in [-0.25, -0.2) is 0 Å². The first-order valence-electron chi connectivity index (χ1n) is 6.30. The van der Waals surface area contributed by atoms with Gasteiger partial charge in [-0.2, -0.15) is 0 Å². The van der Waals surface area contributed by atoms with Crippen LogP contribution in [0.25, 0.3) is 0 Å². The second-order valence-corrected chi connectivity index (χ2v) is 4.29. The largest absolute Gasteiger partial charge is 0.385 e. The molecule has 92 valence electrons. The fourth-order valence-corrected chi connectivity index (χ4v) is 1.93. The Morgan fingerprint density at radius 2 is 1.80 bits per heavy atom. The highest BCUT2D eigenvalue weighted by Gasteiger charge is 2.14. The van der Waals surface area contributed by atoms with Gasteiger partial charge in [0.1, 0.15) is 0 Å². The summed E-state index contributed by atoms with van der Waals surface area (Å²) < 4.78 is 10.6. The average Bonchev–Trinajstić information content (AvgIpc) is 2.28. The van der Waals surface area contributed by atoms with Crippen LogP contribution in [0.5, 0.6) is 0 Å². The molecular formula is C13H28O2. The first kappa shape index (κ1) is 14.9. The predicted octanol–water partition coefficient (Wildman–Crippen LogP) is 3.64. The SMILES string of the molecule is CCCCC(CC)CC(CCOC)OC. The van der Waals surface area contributed by atoms with Gasteiger partial charge in [0.25, 0.3) is 0 Å². The third-order valence-electron chi connectivity index (χ3n) is 3.12. The Hall–Kier alpha value is -0.0800. The van der Waals surface area contributed by atoms with Gasteiger partial charge >= 0.3 is 0 Å². The molecule has 0 bridgehead atoms. The predicted molar refractivity (Wildman–Crippen MR) is 65.2 cm³/mol. The van der Waals surface area contributed by atoms with Crippen LogP contribution in [0.1, 0.15) is 52.4 Å². The first-order valence-corrected chi connectivity index (χ1v) is 6.30. The molecule has 0 aliphatic rings. The molecule has 0 fully saturated rings. The summed E-state index contributed by atoms with van der Waals surface area (Å²) in [6.07, 6.45) is 7.86. The van der Waals surface area contributed by atoms with E-state index in [-0.39, 0.29) is 0 Å². The number of ether oxygens (including phenoxy) is 2. The molecule has 0 spiro atoms. The zero-order valence-electron chi connectivity index (χ0n) is 10.9. The van der Waals surface area contributed by atoms with Crippen LogP contribution in [0.2, 0.25) is 0 Å². The summed E-state index contributed by atoms with van der Waals surface area (Å²) in [6, 6.07) is 0. The molecule has 0 aliphatic carbocycles. The normalized spacial score (nSPS) is 15.2. The average molecular weight is 216 g/mol.